The Bertz CT molecular complexity index is 418. The number of nitrogens with zero attached hydrogens (tertiary/aromatic N) is 1. The van der Waals surface area contributed by atoms with Crippen LogP contribution in [0.4, 0.5) is 5.69 Å². The first kappa shape index (κ1) is 17.8. The number of benzene rings is 1. The number of hydrogen-bond acceptors (Lipinski definition) is 3. The second kappa shape index (κ2) is 8.93. The zero-order valence-electron chi connectivity index (χ0n) is 14.6. The lowest BCUT2D eigenvalue weighted by molar-refractivity contribution is 0.401. The molecule has 0 aliphatic rings. The Balaban J connectivity index is 3.23. The standard InChI is InChI=1S/C18H32N2O/c1-7-12-19-15(5)18-16(10-9-11-17(18)21-6)20(13-8-2)14(3)4/h9-11,14-15,19H,7-8,12-13H2,1-6H3. The lowest BCUT2D eigenvalue weighted by atomic mass is 10.0. The van der Waals surface area contributed by atoms with E-state index in [4.69, 9.17) is 4.74 Å². The highest BCUT2D eigenvalue weighted by molar-refractivity contribution is 5.61. The first-order valence-electron chi connectivity index (χ1n) is 8.23. The quantitative estimate of drug-likeness (QED) is 0.731. The van der Waals surface area contributed by atoms with Crippen LogP contribution >= 0.6 is 0 Å². The predicted molar refractivity (Wildman–Crippen MR) is 92.5 cm³/mol. The van der Waals surface area contributed by atoms with Crippen molar-refractivity contribution in [3.8, 4) is 5.75 Å². The molecule has 0 saturated heterocycles. The molecular formula is C18H32N2O. The molecule has 3 nitrogen and oxygen atoms in total. The molecule has 0 bridgehead atoms. The molecule has 0 radical (unpaired) electrons. The van der Waals surface area contributed by atoms with Gasteiger partial charge in [-0.25, -0.2) is 0 Å². The van der Waals surface area contributed by atoms with Crippen LogP contribution in [0.5, 0.6) is 5.75 Å². The monoisotopic (exact) mass is 292 g/mol. The molecule has 0 aliphatic carbocycles. The molecule has 1 rings (SSSR count). The minimum Gasteiger partial charge on any atom is -0.496 e. The van der Waals surface area contributed by atoms with Gasteiger partial charge in [0.15, 0.2) is 0 Å². The van der Waals surface area contributed by atoms with Crippen molar-refractivity contribution >= 4 is 5.69 Å². The van der Waals surface area contributed by atoms with Crippen molar-refractivity contribution in [2.75, 3.05) is 25.1 Å². The van der Waals surface area contributed by atoms with Crippen LogP contribution in [0.1, 0.15) is 59.1 Å². The molecule has 3 heteroatoms. The Morgan fingerprint density at radius 2 is 1.86 bits per heavy atom. The third kappa shape index (κ3) is 4.63. The van der Waals surface area contributed by atoms with Crippen LogP contribution in [0.3, 0.4) is 0 Å². The molecule has 0 heterocycles. The van der Waals surface area contributed by atoms with Crippen molar-refractivity contribution in [1.82, 2.24) is 5.32 Å². The Morgan fingerprint density at radius 1 is 1.14 bits per heavy atom. The number of nitrogens with one attached hydrogen (secondary N) is 1. The molecular weight excluding hydrogens is 260 g/mol. The van der Waals surface area contributed by atoms with Crippen LogP contribution in [0.15, 0.2) is 18.2 Å². The highest BCUT2D eigenvalue weighted by Crippen LogP contribution is 2.35. The lowest BCUT2D eigenvalue weighted by Gasteiger charge is -2.33. The maximum Gasteiger partial charge on any atom is 0.125 e. The summed E-state index contributed by atoms with van der Waals surface area (Å²) in [4.78, 5) is 2.47. The van der Waals surface area contributed by atoms with Crippen molar-refractivity contribution in [3.05, 3.63) is 23.8 Å². The fourth-order valence-electron chi connectivity index (χ4n) is 2.76. The van der Waals surface area contributed by atoms with Gasteiger partial charge in [-0.1, -0.05) is 19.9 Å². The van der Waals surface area contributed by atoms with E-state index in [1.54, 1.807) is 7.11 Å². The molecule has 0 fully saturated rings. The van der Waals surface area contributed by atoms with Crippen LogP contribution < -0.4 is 15.0 Å². The molecule has 1 aromatic rings. The summed E-state index contributed by atoms with van der Waals surface area (Å²) in [5, 5.41) is 3.59. The summed E-state index contributed by atoms with van der Waals surface area (Å²) in [6.07, 6.45) is 2.28. The summed E-state index contributed by atoms with van der Waals surface area (Å²) in [6.45, 7) is 13.2. The molecule has 0 spiro atoms. The normalized spacial score (nSPS) is 12.5. The van der Waals surface area contributed by atoms with E-state index in [1.807, 2.05) is 0 Å². The average Bonchev–Trinajstić information content (AvgIpc) is 2.49. The summed E-state index contributed by atoms with van der Waals surface area (Å²) in [7, 11) is 1.76. The molecule has 0 saturated carbocycles. The van der Waals surface area contributed by atoms with Crippen molar-refractivity contribution in [1.29, 1.82) is 0 Å². The van der Waals surface area contributed by atoms with E-state index in [2.05, 4.69) is 63.0 Å². The fourth-order valence-corrected chi connectivity index (χ4v) is 2.76. The van der Waals surface area contributed by atoms with E-state index < -0.39 is 0 Å². The Hall–Kier alpha value is -1.22. The lowest BCUT2D eigenvalue weighted by Crippen LogP contribution is -2.33. The van der Waals surface area contributed by atoms with Gasteiger partial charge in [0.2, 0.25) is 0 Å². The molecule has 0 amide bonds. The molecule has 0 aliphatic heterocycles. The van der Waals surface area contributed by atoms with E-state index in [1.165, 1.54) is 11.3 Å². The Labute approximate surface area is 130 Å². The Morgan fingerprint density at radius 3 is 2.38 bits per heavy atom. The summed E-state index contributed by atoms with van der Waals surface area (Å²) in [6, 6.07) is 7.14. The van der Waals surface area contributed by atoms with Gasteiger partial charge in [0, 0.05) is 29.9 Å². The van der Waals surface area contributed by atoms with E-state index in [-0.39, 0.29) is 6.04 Å². The zero-order chi connectivity index (χ0) is 15.8. The predicted octanol–water partition coefficient (Wildman–Crippen LogP) is 4.38. The summed E-state index contributed by atoms with van der Waals surface area (Å²) in [5.74, 6) is 0.977. The van der Waals surface area contributed by atoms with Crippen molar-refractivity contribution in [2.45, 2.75) is 59.5 Å². The molecule has 1 N–H and O–H groups in total. The van der Waals surface area contributed by atoms with Crippen molar-refractivity contribution < 1.29 is 4.74 Å². The number of methoxy groups -OCH3 is 1. The molecule has 21 heavy (non-hydrogen) atoms. The Kier molecular flexibility index (Phi) is 7.58. The maximum atomic E-state index is 5.63. The van der Waals surface area contributed by atoms with Gasteiger partial charge < -0.3 is 15.0 Å². The minimum atomic E-state index is 0.286. The van der Waals surface area contributed by atoms with Gasteiger partial charge in [0.05, 0.1) is 7.11 Å². The topological polar surface area (TPSA) is 24.5 Å². The second-order valence-electron chi connectivity index (χ2n) is 5.86. The fraction of sp³-hybridized carbons (Fsp3) is 0.667. The number of anilines is 1. The highest BCUT2D eigenvalue weighted by atomic mass is 16.5. The third-order valence-electron chi connectivity index (χ3n) is 3.79. The van der Waals surface area contributed by atoms with Crippen LogP contribution in [0.2, 0.25) is 0 Å². The van der Waals surface area contributed by atoms with E-state index in [9.17, 15) is 0 Å². The van der Waals surface area contributed by atoms with Gasteiger partial charge >= 0.3 is 0 Å². The van der Waals surface area contributed by atoms with Gasteiger partial charge in [0.1, 0.15) is 5.75 Å². The van der Waals surface area contributed by atoms with E-state index in [0.717, 1.165) is 31.7 Å². The summed E-state index contributed by atoms with van der Waals surface area (Å²) >= 11 is 0. The first-order valence-corrected chi connectivity index (χ1v) is 8.23. The van der Waals surface area contributed by atoms with Gasteiger partial charge in [-0.2, -0.15) is 0 Å². The minimum absolute atomic E-state index is 0.286. The largest absolute Gasteiger partial charge is 0.496 e. The second-order valence-corrected chi connectivity index (χ2v) is 5.86. The molecule has 1 aromatic carbocycles. The average molecular weight is 292 g/mol. The zero-order valence-corrected chi connectivity index (χ0v) is 14.6. The third-order valence-corrected chi connectivity index (χ3v) is 3.79. The van der Waals surface area contributed by atoms with E-state index >= 15 is 0 Å². The number of hydrogen-bond donors (Lipinski definition) is 1. The van der Waals surface area contributed by atoms with Crippen LogP contribution in [-0.2, 0) is 0 Å². The van der Waals surface area contributed by atoms with Gasteiger partial charge in [-0.05, 0) is 52.3 Å². The van der Waals surface area contributed by atoms with Crippen LogP contribution in [0.25, 0.3) is 0 Å². The van der Waals surface area contributed by atoms with Gasteiger partial charge in [-0.15, -0.1) is 0 Å². The van der Waals surface area contributed by atoms with Crippen molar-refractivity contribution in [2.24, 2.45) is 0 Å². The van der Waals surface area contributed by atoms with Crippen LogP contribution in [0, 0.1) is 0 Å². The first-order chi connectivity index (χ1) is 10.1. The number of ether oxygens (including phenoxy) is 1. The molecule has 0 aromatic heterocycles. The van der Waals surface area contributed by atoms with Crippen LogP contribution in [-0.4, -0.2) is 26.2 Å². The number of rotatable bonds is 9. The SMILES string of the molecule is CCCNC(C)c1c(OC)cccc1N(CCC)C(C)C. The highest BCUT2D eigenvalue weighted by Gasteiger charge is 2.20. The van der Waals surface area contributed by atoms with Crippen molar-refractivity contribution in [3.63, 3.8) is 0 Å². The summed E-state index contributed by atoms with van der Waals surface area (Å²) in [5.41, 5.74) is 2.57. The summed E-state index contributed by atoms with van der Waals surface area (Å²) < 4.78 is 5.63. The van der Waals surface area contributed by atoms with E-state index in [0.29, 0.717) is 6.04 Å². The maximum absolute atomic E-state index is 5.63. The smallest absolute Gasteiger partial charge is 0.125 e. The molecule has 120 valence electrons. The van der Waals surface area contributed by atoms with Gasteiger partial charge in [0.25, 0.3) is 0 Å². The molecule has 1 atom stereocenters. The molecule has 1 unspecified atom stereocenters. The van der Waals surface area contributed by atoms with Gasteiger partial charge in [-0.3, -0.25) is 0 Å².